The van der Waals surface area contributed by atoms with E-state index in [4.69, 9.17) is 4.74 Å². The van der Waals surface area contributed by atoms with E-state index in [1.807, 2.05) is 0 Å². The number of aromatic nitrogens is 1. The highest BCUT2D eigenvalue weighted by molar-refractivity contribution is 5.98. The summed E-state index contributed by atoms with van der Waals surface area (Å²) in [6, 6.07) is 7.84. The van der Waals surface area contributed by atoms with Gasteiger partial charge in [-0.2, -0.15) is 13.2 Å². The molecule has 0 atom stereocenters. The SMILES string of the molecule is C=CC(=O)Nc1cccc(Oc2cc(C(F)(F)F)ccn2)c1. The number of carbonyl (C=O) groups excluding carboxylic acids is 1. The van der Waals surface area contributed by atoms with E-state index in [1.54, 1.807) is 12.1 Å². The Morgan fingerprint density at radius 1 is 1.27 bits per heavy atom. The van der Waals surface area contributed by atoms with Gasteiger partial charge in [-0.25, -0.2) is 4.98 Å². The highest BCUT2D eigenvalue weighted by Crippen LogP contribution is 2.31. The molecule has 2 rings (SSSR count). The summed E-state index contributed by atoms with van der Waals surface area (Å²) in [6.07, 6.45) is -2.36. The molecule has 1 heterocycles. The first kappa shape index (κ1) is 15.6. The van der Waals surface area contributed by atoms with Gasteiger partial charge in [-0.1, -0.05) is 12.6 Å². The Morgan fingerprint density at radius 3 is 2.73 bits per heavy atom. The van der Waals surface area contributed by atoms with Gasteiger partial charge in [-0.3, -0.25) is 4.79 Å². The molecular weight excluding hydrogens is 297 g/mol. The van der Waals surface area contributed by atoms with Crippen LogP contribution in [0.3, 0.4) is 0 Å². The second-order valence-electron chi connectivity index (χ2n) is 4.20. The highest BCUT2D eigenvalue weighted by Gasteiger charge is 2.31. The van der Waals surface area contributed by atoms with Gasteiger partial charge in [0.1, 0.15) is 5.75 Å². The maximum atomic E-state index is 12.6. The van der Waals surface area contributed by atoms with E-state index in [2.05, 4.69) is 16.9 Å². The molecule has 22 heavy (non-hydrogen) atoms. The smallest absolute Gasteiger partial charge is 0.416 e. The molecule has 7 heteroatoms. The van der Waals surface area contributed by atoms with Crippen LogP contribution in [0.1, 0.15) is 5.56 Å². The summed E-state index contributed by atoms with van der Waals surface area (Å²) in [6.45, 7) is 3.32. The second-order valence-corrected chi connectivity index (χ2v) is 4.20. The van der Waals surface area contributed by atoms with Crippen LogP contribution < -0.4 is 10.1 Å². The lowest BCUT2D eigenvalue weighted by atomic mass is 10.2. The number of alkyl halides is 3. The Kier molecular flexibility index (Phi) is 4.45. The minimum absolute atomic E-state index is 0.193. The van der Waals surface area contributed by atoms with Gasteiger partial charge in [-0.15, -0.1) is 0 Å². The van der Waals surface area contributed by atoms with Crippen LogP contribution in [0, 0.1) is 0 Å². The van der Waals surface area contributed by atoms with Crippen molar-refractivity contribution in [2.45, 2.75) is 6.18 Å². The largest absolute Gasteiger partial charge is 0.439 e. The van der Waals surface area contributed by atoms with Crippen molar-refractivity contribution < 1.29 is 22.7 Å². The number of nitrogens with one attached hydrogen (secondary N) is 1. The fraction of sp³-hybridized carbons (Fsp3) is 0.0667. The van der Waals surface area contributed by atoms with Crippen molar-refractivity contribution in [2.24, 2.45) is 0 Å². The molecule has 0 spiro atoms. The summed E-state index contributed by atoms with van der Waals surface area (Å²) < 4.78 is 43.1. The highest BCUT2D eigenvalue weighted by atomic mass is 19.4. The lowest BCUT2D eigenvalue weighted by Gasteiger charge is -2.10. The van der Waals surface area contributed by atoms with Gasteiger partial charge in [0, 0.05) is 24.0 Å². The second kappa shape index (κ2) is 6.30. The number of ether oxygens (including phenoxy) is 1. The van der Waals surface area contributed by atoms with Crippen molar-refractivity contribution >= 4 is 11.6 Å². The summed E-state index contributed by atoms with van der Waals surface area (Å²) >= 11 is 0. The molecule has 0 radical (unpaired) electrons. The molecule has 2 aromatic rings. The van der Waals surface area contributed by atoms with Crippen molar-refractivity contribution in [3.63, 3.8) is 0 Å². The molecule has 0 saturated carbocycles. The zero-order valence-electron chi connectivity index (χ0n) is 11.2. The van der Waals surface area contributed by atoms with Crippen LogP contribution in [-0.4, -0.2) is 10.9 Å². The summed E-state index contributed by atoms with van der Waals surface area (Å²) in [5.74, 6) is -0.356. The minimum atomic E-state index is -4.47. The third-order valence-electron chi connectivity index (χ3n) is 2.57. The van der Waals surface area contributed by atoms with Gasteiger partial charge in [0.15, 0.2) is 0 Å². The number of anilines is 1. The monoisotopic (exact) mass is 308 g/mol. The van der Waals surface area contributed by atoms with Crippen molar-refractivity contribution in [2.75, 3.05) is 5.32 Å². The number of hydrogen-bond donors (Lipinski definition) is 1. The number of halogens is 3. The third kappa shape index (κ3) is 4.08. The Labute approximate surface area is 124 Å². The van der Waals surface area contributed by atoms with Crippen molar-refractivity contribution in [1.82, 2.24) is 4.98 Å². The lowest BCUT2D eigenvalue weighted by Crippen LogP contribution is -2.07. The molecule has 1 N–H and O–H groups in total. The van der Waals surface area contributed by atoms with Crippen molar-refractivity contribution in [1.29, 1.82) is 0 Å². The summed E-state index contributed by atoms with van der Waals surface area (Å²) in [5, 5.41) is 2.52. The minimum Gasteiger partial charge on any atom is -0.439 e. The molecule has 4 nitrogen and oxygen atoms in total. The predicted molar refractivity (Wildman–Crippen MR) is 74.6 cm³/mol. The van der Waals surface area contributed by atoms with Crippen LogP contribution in [0.2, 0.25) is 0 Å². The normalized spacial score (nSPS) is 10.9. The van der Waals surface area contributed by atoms with Crippen LogP contribution in [0.25, 0.3) is 0 Å². The molecule has 0 aliphatic heterocycles. The van der Waals surface area contributed by atoms with E-state index in [0.29, 0.717) is 5.69 Å². The zero-order valence-corrected chi connectivity index (χ0v) is 11.2. The van der Waals surface area contributed by atoms with Gasteiger partial charge < -0.3 is 10.1 Å². The van der Waals surface area contributed by atoms with E-state index in [1.165, 1.54) is 12.1 Å². The average Bonchev–Trinajstić information content (AvgIpc) is 2.47. The van der Waals surface area contributed by atoms with E-state index < -0.39 is 17.6 Å². The van der Waals surface area contributed by atoms with Crippen molar-refractivity contribution in [3.8, 4) is 11.6 Å². The quantitative estimate of drug-likeness (QED) is 0.868. The molecule has 114 valence electrons. The molecule has 0 saturated heterocycles. The number of amides is 1. The first-order valence-electron chi connectivity index (χ1n) is 6.13. The van der Waals surface area contributed by atoms with Crippen LogP contribution >= 0.6 is 0 Å². The van der Waals surface area contributed by atoms with Gasteiger partial charge in [0.2, 0.25) is 11.8 Å². The Morgan fingerprint density at radius 2 is 2.05 bits per heavy atom. The number of hydrogen-bond acceptors (Lipinski definition) is 3. The van der Waals surface area contributed by atoms with E-state index >= 15 is 0 Å². The lowest BCUT2D eigenvalue weighted by molar-refractivity contribution is -0.137. The molecule has 0 fully saturated rings. The Bertz CT molecular complexity index is 699. The zero-order chi connectivity index (χ0) is 16.2. The maximum absolute atomic E-state index is 12.6. The Hall–Kier alpha value is -2.83. The average molecular weight is 308 g/mol. The van der Waals surface area contributed by atoms with Crippen molar-refractivity contribution in [3.05, 3.63) is 60.8 Å². The summed E-state index contributed by atoms with van der Waals surface area (Å²) in [5.41, 5.74) is -0.428. The topological polar surface area (TPSA) is 51.2 Å². The molecule has 0 unspecified atom stereocenters. The number of benzene rings is 1. The molecule has 0 aliphatic carbocycles. The van der Waals surface area contributed by atoms with E-state index in [-0.39, 0.29) is 11.6 Å². The fourth-order valence-corrected chi connectivity index (χ4v) is 1.59. The fourth-order valence-electron chi connectivity index (χ4n) is 1.59. The van der Waals surface area contributed by atoms with E-state index in [9.17, 15) is 18.0 Å². The maximum Gasteiger partial charge on any atom is 0.416 e. The van der Waals surface area contributed by atoms with Crippen LogP contribution in [0.5, 0.6) is 11.6 Å². The first-order chi connectivity index (χ1) is 10.4. The van der Waals surface area contributed by atoms with Gasteiger partial charge in [0.05, 0.1) is 5.56 Å². The molecular formula is C15H11F3N2O2. The molecule has 0 aliphatic rings. The molecule has 1 aromatic carbocycles. The number of carbonyl (C=O) groups is 1. The number of rotatable bonds is 4. The van der Waals surface area contributed by atoms with Crippen LogP contribution in [-0.2, 0) is 11.0 Å². The number of pyridine rings is 1. The van der Waals surface area contributed by atoms with Gasteiger partial charge >= 0.3 is 6.18 Å². The predicted octanol–water partition coefficient (Wildman–Crippen LogP) is 4.02. The standard InChI is InChI=1S/C15H11F3N2O2/c1-2-13(21)20-11-4-3-5-12(9-11)22-14-8-10(6-7-19-14)15(16,17)18/h2-9H,1H2,(H,20,21). The summed E-state index contributed by atoms with van der Waals surface area (Å²) in [4.78, 5) is 14.9. The third-order valence-corrected chi connectivity index (χ3v) is 2.57. The van der Waals surface area contributed by atoms with Crippen LogP contribution in [0.4, 0.5) is 18.9 Å². The molecule has 1 amide bonds. The first-order valence-corrected chi connectivity index (χ1v) is 6.13. The Balaban J connectivity index is 2.19. The van der Waals surface area contributed by atoms with Gasteiger partial charge in [0.25, 0.3) is 0 Å². The van der Waals surface area contributed by atoms with Gasteiger partial charge in [-0.05, 0) is 24.3 Å². The van der Waals surface area contributed by atoms with Crippen LogP contribution in [0.15, 0.2) is 55.3 Å². The van der Waals surface area contributed by atoms with E-state index in [0.717, 1.165) is 24.4 Å². The molecule has 0 bridgehead atoms. The molecule has 1 aromatic heterocycles. The number of nitrogens with zero attached hydrogens (tertiary/aromatic N) is 1. The summed E-state index contributed by atoms with van der Waals surface area (Å²) in [7, 11) is 0.